The number of aromatic amines is 1. The van der Waals surface area contributed by atoms with Crippen molar-refractivity contribution in [2.75, 3.05) is 36.8 Å². The number of nitrogen functional groups attached to an aromatic ring is 1. The first kappa shape index (κ1) is 14.6. The topological polar surface area (TPSA) is 87.0 Å². The Morgan fingerprint density at radius 1 is 1.18 bits per heavy atom. The van der Waals surface area contributed by atoms with E-state index in [1.54, 1.807) is 0 Å². The largest absolute Gasteiger partial charge is 0.383 e. The second-order valence-corrected chi connectivity index (χ2v) is 5.69. The van der Waals surface area contributed by atoms with Gasteiger partial charge in [0.05, 0.1) is 5.56 Å². The zero-order valence-corrected chi connectivity index (χ0v) is 12.9. The van der Waals surface area contributed by atoms with E-state index in [9.17, 15) is 4.79 Å². The fourth-order valence-electron chi connectivity index (χ4n) is 2.68. The van der Waals surface area contributed by atoms with Crippen LogP contribution in [0.1, 0.15) is 11.1 Å². The third-order valence-electron chi connectivity index (χ3n) is 4.15. The molecule has 0 amide bonds. The normalized spacial score (nSPS) is 15.1. The maximum absolute atomic E-state index is 12.5. The molecule has 0 atom stereocenters. The smallest absolute Gasteiger partial charge is 0.262 e. The summed E-state index contributed by atoms with van der Waals surface area (Å²) in [5.74, 6) is 0.831. The molecule has 0 radical (unpaired) electrons. The number of H-pyrrole nitrogens is 1. The van der Waals surface area contributed by atoms with Crippen molar-refractivity contribution >= 4 is 11.8 Å². The van der Waals surface area contributed by atoms with E-state index in [0.29, 0.717) is 11.5 Å². The molecule has 1 aromatic heterocycles. The van der Waals surface area contributed by atoms with Crippen molar-refractivity contribution in [1.29, 1.82) is 0 Å². The molecular weight excluding hydrogens is 278 g/mol. The fraction of sp³-hybridized carbons (Fsp3) is 0.375. The van der Waals surface area contributed by atoms with Crippen LogP contribution in [0.5, 0.6) is 0 Å². The average Bonchev–Trinajstić information content (AvgIpc) is 2.51. The molecule has 0 aliphatic carbocycles. The molecule has 6 nitrogen and oxygen atoms in total. The molecule has 1 aromatic carbocycles. The Labute approximate surface area is 129 Å². The SMILES string of the molecule is Cc1ccc(-c2c(N)nc(N3CCNCC3)[nH]c2=O)cc1C. The molecule has 22 heavy (non-hydrogen) atoms. The van der Waals surface area contributed by atoms with E-state index in [4.69, 9.17) is 5.73 Å². The minimum absolute atomic E-state index is 0.190. The number of nitrogens with one attached hydrogen (secondary N) is 2. The van der Waals surface area contributed by atoms with Crippen LogP contribution >= 0.6 is 0 Å². The van der Waals surface area contributed by atoms with Gasteiger partial charge in [-0.1, -0.05) is 18.2 Å². The van der Waals surface area contributed by atoms with Gasteiger partial charge in [-0.2, -0.15) is 4.98 Å². The fourth-order valence-corrected chi connectivity index (χ4v) is 2.68. The number of nitrogens with zero attached hydrogens (tertiary/aromatic N) is 2. The maximum atomic E-state index is 12.5. The van der Waals surface area contributed by atoms with Gasteiger partial charge in [0.25, 0.3) is 5.56 Å². The molecule has 6 heteroatoms. The van der Waals surface area contributed by atoms with Gasteiger partial charge in [0.15, 0.2) is 0 Å². The number of rotatable bonds is 2. The highest BCUT2D eigenvalue weighted by Crippen LogP contribution is 2.24. The Morgan fingerprint density at radius 2 is 1.91 bits per heavy atom. The molecule has 1 fully saturated rings. The third kappa shape index (κ3) is 2.69. The highest BCUT2D eigenvalue weighted by molar-refractivity contribution is 5.74. The van der Waals surface area contributed by atoms with E-state index in [1.807, 2.05) is 36.9 Å². The standard InChI is InChI=1S/C16H21N5O/c1-10-3-4-12(9-11(10)2)13-14(17)19-16(20-15(13)22)21-7-5-18-6-8-21/h3-4,9,18H,5-8H2,1-2H3,(H3,17,19,20,22). The lowest BCUT2D eigenvalue weighted by Crippen LogP contribution is -2.44. The number of nitrogens with two attached hydrogens (primary N) is 1. The van der Waals surface area contributed by atoms with Crippen LogP contribution in [0.4, 0.5) is 11.8 Å². The molecule has 0 saturated carbocycles. The molecule has 4 N–H and O–H groups in total. The molecule has 3 rings (SSSR count). The van der Waals surface area contributed by atoms with E-state index in [2.05, 4.69) is 15.3 Å². The van der Waals surface area contributed by atoms with Crippen LogP contribution in [0, 0.1) is 13.8 Å². The predicted molar refractivity (Wildman–Crippen MR) is 89.3 cm³/mol. The molecule has 1 aliphatic heterocycles. The van der Waals surface area contributed by atoms with E-state index < -0.39 is 0 Å². The zero-order chi connectivity index (χ0) is 15.7. The molecular formula is C16H21N5O. The highest BCUT2D eigenvalue weighted by Gasteiger charge is 2.17. The summed E-state index contributed by atoms with van der Waals surface area (Å²) in [4.78, 5) is 21.8. The third-order valence-corrected chi connectivity index (χ3v) is 4.15. The molecule has 2 aromatic rings. The Bertz CT molecular complexity index is 747. The zero-order valence-electron chi connectivity index (χ0n) is 12.9. The number of benzene rings is 1. The summed E-state index contributed by atoms with van der Waals surface area (Å²) in [6, 6.07) is 5.88. The summed E-state index contributed by atoms with van der Waals surface area (Å²) in [5, 5.41) is 3.27. The van der Waals surface area contributed by atoms with Gasteiger partial charge in [-0.25, -0.2) is 0 Å². The van der Waals surface area contributed by atoms with Crippen molar-refractivity contribution in [3.8, 4) is 11.1 Å². The number of piperazine rings is 1. The van der Waals surface area contributed by atoms with Gasteiger partial charge < -0.3 is 16.0 Å². The van der Waals surface area contributed by atoms with E-state index >= 15 is 0 Å². The number of hydrogen-bond acceptors (Lipinski definition) is 5. The summed E-state index contributed by atoms with van der Waals surface area (Å²) in [7, 11) is 0. The van der Waals surface area contributed by atoms with Gasteiger partial charge in [0.2, 0.25) is 5.95 Å². The van der Waals surface area contributed by atoms with Crippen LogP contribution in [-0.2, 0) is 0 Å². The van der Waals surface area contributed by atoms with Gasteiger partial charge in [-0.05, 0) is 30.5 Å². The maximum Gasteiger partial charge on any atom is 0.262 e. The van der Waals surface area contributed by atoms with Crippen molar-refractivity contribution in [3.63, 3.8) is 0 Å². The molecule has 0 unspecified atom stereocenters. The van der Waals surface area contributed by atoms with Crippen LogP contribution in [0.15, 0.2) is 23.0 Å². The first-order valence-electron chi connectivity index (χ1n) is 7.49. The van der Waals surface area contributed by atoms with E-state index in [0.717, 1.165) is 37.3 Å². The highest BCUT2D eigenvalue weighted by atomic mass is 16.1. The van der Waals surface area contributed by atoms with Crippen molar-refractivity contribution < 1.29 is 0 Å². The molecule has 1 aliphatic rings. The Kier molecular flexibility index (Phi) is 3.85. The molecule has 116 valence electrons. The minimum atomic E-state index is -0.190. The van der Waals surface area contributed by atoms with Crippen molar-refractivity contribution in [1.82, 2.24) is 15.3 Å². The van der Waals surface area contributed by atoms with Crippen molar-refractivity contribution in [2.45, 2.75) is 13.8 Å². The average molecular weight is 299 g/mol. The Morgan fingerprint density at radius 3 is 2.55 bits per heavy atom. The summed E-state index contributed by atoms with van der Waals surface area (Å²) in [6.07, 6.45) is 0. The Hall–Kier alpha value is -2.34. The van der Waals surface area contributed by atoms with Crippen LogP contribution in [0.3, 0.4) is 0 Å². The van der Waals surface area contributed by atoms with Gasteiger partial charge in [-0.3, -0.25) is 9.78 Å². The second kappa shape index (κ2) is 5.81. The van der Waals surface area contributed by atoms with Gasteiger partial charge >= 0.3 is 0 Å². The predicted octanol–water partition coefficient (Wildman–Crippen LogP) is 1.05. The first-order chi connectivity index (χ1) is 10.6. The van der Waals surface area contributed by atoms with Crippen LogP contribution in [0.2, 0.25) is 0 Å². The number of aromatic nitrogens is 2. The monoisotopic (exact) mass is 299 g/mol. The minimum Gasteiger partial charge on any atom is -0.383 e. The molecule has 0 bridgehead atoms. The number of aryl methyl sites for hydroxylation is 2. The summed E-state index contributed by atoms with van der Waals surface area (Å²) in [6.45, 7) is 7.44. The molecule has 1 saturated heterocycles. The lowest BCUT2D eigenvalue weighted by molar-refractivity contribution is 0.579. The van der Waals surface area contributed by atoms with Crippen molar-refractivity contribution in [3.05, 3.63) is 39.7 Å². The Balaban J connectivity index is 2.02. The molecule has 2 heterocycles. The van der Waals surface area contributed by atoms with Gasteiger partial charge in [-0.15, -0.1) is 0 Å². The lowest BCUT2D eigenvalue weighted by Gasteiger charge is -2.28. The molecule has 0 spiro atoms. The van der Waals surface area contributed by atoms with Gasteiger partial charge in [0, 0.05) is 26.2 Å². The summed E-state index contributed by atoms with van der Waals surface area (Å²) in [5.41, 5.74) is 9.45. The lowest BCUT2D eigenvalue weighted by atomic mass is 10.0. The van der Waals surface area contributed by atoms with Gasteiger partial charge in [0.1, 0.15) is 5.82 Å². The van der Waals surface area contributed by atoms with Crippen LogP contribution in [-0.4, -0.2) is 36.1 Å². The van der Waals surface area contributed by atoms with E-state index in [1.165, 1.54) is 5.56 Å². The quantitative estimate of drug-likeness (QED) is 0.771. The second-order valence-electron chi connectivity index (χ2n) is 5.69. The van der Waals surface area contributed by atoms with Crippen LogP contribution in [0.25, 0.3) is 11.1 Å². The van der Waals surface area contributed by atoms with Crippen LogP contribution < -0.4 is 21.5 Å². The number of anilines is 2. The first-order valence-corrected chi connectivity index (χ1v) is 7.49. The van der Waals surface area contributed by atoms with E-state index in [-0.39, 0.29) is 11.4 Å². The number of hydrogen-bond donors (Lipinski definition) is 3. The van der Waals surface area contributed by atoms with Crippen molar-refractivity contribution in [2.24, 2.45) is 0 Å². The summed E-state index contributed by atoms with van der Waals surface area (Å²) < 4.78 is 0. The summed E-state index contributed by atoms with van der Waals surface area (Å²) >= 11 is 0.